The molecule has 5 rings (SSSR count). The van der Waals surface area contributed by atoms with Gasteiger partial charge in [0, 0.05) is 31.8 Å². The molecule has 0 spiro atoms. The zero-order chi connectivity index (χ0) is 25.8. The maximum Gasteiger partial charge on any atom is 0.305 e. The molecule has 1 unspecified atom stereocenters. The van der Waals surface area contributed by atoms with Crippen molar-refractivity contribution >= 4 is 28.8 Å². The van der Waals surface area contributed by atoms with Gasteiger partial charge >= 0.3 is 5.97 Å². The van der Waals surface area contributed by atoms with E-state index in [1.54, 1.807) is 23.1 Å². The standard InChI is InChI=1S/C27H30N4O6/c32-25(8-7-24-28-19-3-1-2-4-20(19)29-24)31-11-9-17(10-12-31)27(35)30-21(16-26(33)34)18-5-6-22-23(15-18)37-14-13-36-22/h1-6,15,17,21H,7-14,16H2,(H,28,29)(H,30,35)(H,33,34). The van der Waals surface area contributed by atoms with Crippen LogP contribution >= 0.6 is 0 Å². The van der Waals surface area contributed by atoms with E-state index in [0.29, 0.717) is 69.0 Å². The normalized spacial score (nSPS) is 16.4. The highest BCUT2D eigenvalue weighted by Crippen LogP contribution is 2.33. The molecule has 2 amide bonds. The van der Waals surface area contributed by atoms with Crippen molar-refractivity contribution in [3.63, 3.8) is 0 Å². The number of carbonyl (C=O) groups excluding carboxylic acids is 2. The van der Waals surface area contributed by atoms with Crippen LogP contribution in [-0.4, -0.2) is 64.1 Å². The summed E-state index contributed by atoms with van der Waals surface area (Å²) in [4.78, 5) is 46.9. The Labute approximate surface area is 214 Å². The van der Waals surface area contributed by atoms with Gasteiger partial charge in [0.25, 0.3) is 0 Å². The first kappa shape index (κ1) is 24.6. The fraction of sp³-hybridized carbons (Fsp3) is 0.407. The number of benzene rings is 2. The number of fused-ring (bicyclic) bond motifs is 2. The highest BCUT2D eigenvalue weighted by molar-refractivity contribution is 5.81. The highest BCUT2D eigenvalue weighted by Gasteiger charge is 2.30. The number of imidazole rings is 1. The number of carboxylic acids is 1. The second kappa shape index (κ2) is 10.9. The van der Waals surface area contributed by atoms with Gasteiger partial charge in [-0.25, -0.2) is 4.98 Å². The summed E-state index contributed by atoms with van der Waals surface area (Å²) in [6, 6.07) is 12.3. The molecular formula is C27H30N4O6. The molecule has 0 aliphatic carbocycles. The second-order valence-electron chi connectivity index (χ2n) is 9.42. The van der Waals surface area contributed by atoms with Gasteiger partial charge in [-0.3, -0.25) is 14.4 Å². The molecule has 0 radical (unpaired) electrons. The monoisotopic (exact) mass is 506 g/mol. The van der Waals surface area contributed by atoms with Crippen molar-refractivity contribution in [3.8, 4) is 11.5 Å². The van der Waals surface area contributed by atoms with Crippen molar-refractivity contribution in [2.75, 3.05) is 26.3 Å². The number of amides is 2. The quantitative estimate of drug-likeness (QED) is 0.428. The van der Waals surface area contributed by atoms with Gasteiger partial charge < -0.3 is 29.8 Å². The van der Waals surface area contributed by atoms with Gasteiger partial charge in [-0.2, -0.15) is 0 Å². The van der Waals surface area contributed by atoms with Crippen LogP contribution in [0.15, 0.2) is 42.5 Å². The maximum absolute atomic E-state index is 13.0. The van der Waals surface area contributed by atoms with Crippen LogP contribution in [0.25, 0.3) is 11.0 Å². The van der Waals surface area contributed by atoms with E-state index in [1.165, 1.54) is 0 Å². The molecule has 37 heavy (non-hydrogen) atoms. The molecule has 1 atom stereocenters. The Hall–Kier alpha value is -4.08. The number of ether oxygens (including phenoxy) is 2. The number of carbonyl (C=O) groups is 3. The van der Waals surface area contributed by atoms with Crippen molar-refractivity contribution in [2.24, 2.45) is 5.92 Å². The van der Waals surface area contributed by atoms with Crippen molar-refractivity contribution in [2.45, 2.75) is 38.1 Å². The first-order chi connectivity index (χ1) is 18.0. The number of H-pyrrole nitrogens is 1. The zero-order valence-corrected chi connectivity index (χ0v) is 20.4. The summed E-state index contributed by atoms with van der Waals surface area (Å²) in [6.45, 7) is 1.86. The summed E-state index contributed by atoms with van der Waals surface area (Å²) in [6.07, 6.45) is 1.69. The lowest BCUT2D eigenvalue weighted by Gasteiger charge is -2.32. The van der Waals surface area contributed by atoms with E-state index in [9.17, 15) is 19.5 Å². The summed E-state index contributed by atoms with van der Waals surface area (Å²) in [5, 5.41) is 12.3. The lowest BCUT2D eigenvalue weighted by atomic mass is 9.94. The molecule has 1 aromatic heterocycles. The van der Waals surface area contributed by atoms with Gasteiger partial charge in [-0.05, 0) is 42.7 Å². The first-order valence-electron chi connectivity index (χ1n) is 12.6. The van der Waals surface area contributed by atoms with Crippen LogP contribution in [0.1, 0.15) is 43.1 Å². The average molecular weight is 507 g/mol. The number of hydrogen-bond acceptors (Lipinski definition) is 6. The number of para-hydroxylation sites is 2. The van der Waals surface area contributed by atoms with E-state index in [0.717, 1.165) is 16.9 Å². The number of nitrogens with one attached hydrogen (secondary N) is 2. The Kier molecular flexibility index (Phi) is 7.25. The molecule has 10 heteroatoms. The number of rotatable bonds is 8. The first-order valence-corrected chi connectivity index (χ1v) is 12.6. The van der Waals surface area contributed by atoms with Gasteiger partial charge in [0.2, 0.25) is 11.8 Å². The minimum atomic E-state index is -1.01. The average Bonchev–Trinajstić information content (AvgIpc) is 3.34. The van der Waals surface area contributed by atoms with Gasteiger partial charge in [0.05, 0.1) is 23.5 Å². The molecule has 2 aliphatic rings. The van der Waals surface area contributed by atoms with Crippen LogP contribution in [0.2, 0.25) is 0 Å². The third-order valence-electron chi connectivity index (χ3n) is 6.90. The molecule has 1 fully saturated rings. The van der Waals surface area contributed by atoms with Crippen molar-refractivity contribution in [1.82, 2.24) is 20.2 Å². The number of aliphatic carboxylic acids is 1. The minimum Gasteiger partial charge on any atom is -0.486 e. The number of hydrogen-bond donors (Lipinski definition) is 3. The van der Waals surface area contributed by atoms with Crippen LogP contribution < -0.4 is 14.8 Å². The Morgan fingerprint density at radius 2 is 1.84 bits per heavy atom. The molecule has 0 bridgehead atoms. The molecule has 1 saturated heterocycles. The SMILES string of the molecule is O=C(O)CC(NC(=O)C1CCN(C(=O)CCc2nc3ccccc3[nH]2)CC1)c1ccc2c(c1)OCCO2. The predicted molar refractivity (Wildman–Crippen MR) is 134 cm³/mol. The van der Waals surface area contributed by atoms with E-state index in [4.69, 9.17) is 9.47 Å². The molecule has 0 saturated carbocycles. The summed E-state index contributed by atoms with van der Waals surface area (Å²) >= 11 is 0. The fourth-order valence-electron chi connectivity index (χ4n) is 4.89. The third kappa shape index (κ3) is 5.84. The Morgan fingerprint density at radius 3 is 2.59 bits per heavy atom. The summed E-state index contributed by atoms with van der Waals surface area (Å²) in [5.74, 6) is 0.482. The topological polar surface area (TPSA) is 134 Å². The number of aromatic nitrogens is 2. The van der Waals surface area contributed by atoms with Crippen molar-refractivity contribution in [3.05, 3.63) is 53.9 Å². The number of aryl methyl sites for hydroxylation is 1. The van der Waals surface area contributed by atoms with Gasteiger partial charge in [0.15, 0.2) is 11.5 Å². The number of piperidine rings is 1. The van der Waals surface area contributed by atoms with Crippen LogP contribution in [0.5, 0.6) is 11.5 Å². The fourth-order valence-corrected chi connectivity index (χ4v) is 4.89. The van der Waals surface area contributed by atoms with Crippen molar-refractivity contribution < 1.29 is 29.0 Å². The summed E-state index contributed by atoms with van der Waals surface area (Å²) in [7, 11) is 0. The van der Waals surface area contributed by atoms with E-state index in [-0.39, 0.29) is 24.2 Å². The maximum atomic E-state index is 13.0. The number of carboxylic acid groups (broad SMARTS) is 1. The number of nitrogens with zero attached hydrogens (tertiary/aromatic N) is 2. The van der Waals surface area contributed by atoms with Gasteiger partial charge in [0.1, 0.15) is 19.0 Å². The smallest absolute Gasteiger partial charge is 0.305 e. The van der Waals surface area contributed by atoms with Crippen LogP contribution in [-0.2, 0) is 20.8 Å². The second-order valence-corrected chi connectivity index (χ2v) is 9.42. The largest absolute Gasteiger partial charge is 0.486 e. The lowest BCUT2D eigenvalue weighted by Crippen LogP contribution is -2.44. The summed E-state index contributed by atoms with van der Waals surface area (Å²) < 4.78 is 11.1. The van der Waals surface area contributed by atoms with E-state index in [1.807, 2.05) is 24.3 Å². The van der Waals surface area contributed by atoms with E-state index < -0.39 is 12.0 Å². The molecule has 3 N–H and O–H groups in total. The lowest BCUT2D eigenvalue weighted by molar-refractivity contribution is -0.139. The molecule has 3 heterocycles. The zero-order valence-electron chi connectivity index (χ0n) is 20.4. The van der Waals surface area contributed by atoms with Crippen LogP contribution in [0, 0.1) is 5.92 Å². The Balaban J connectivity index is 1.14. The Morgan fingerprint density at radius 1 is 1.08 bits per heavy atom. The number of likely N-dealkylation sites (tertiary alicyclic amines) is 1. The molecule has 3 aromatic rings. The Bertz CT molecular complexity index is 1260. The van der Waals surface area contributed by atoms with Gasteiger partial charge in [-0.15, -0.1) is 0 Å². The molecule has 194 valence electrons. The molecule has 2 aromatic carbocycles. The predicted octanol–water partition coefficient (Wildman–Crippen LogP) is 2.84. The van der Waals surface area contributed by atoms with Gasteiger partial charge in [-0.1, -0.05) is 18.2 Å². The van der Waals surface area contributed by atoms with E-state index in [2.05, 4.69) is 15.3 Å². The van der Waals surface area contributed by atoms with Crippen LogP contribution in [0.3, 0.4) is 0 Å². The molecule has 10 nitrogen and oxygen atoms in total. The van der Waals surface area contributed by atoms with E-state index >= 15 is 0 Å². The minimum absolute atomic E-state index is 0.0411. The van der Waals surface area contributed by atoms with Crippen molar-refractivity contribution in [1.29, 1.82) is 0 Å². The number of aromatic amines is 1. The molecule has 2 aliphatic heterocycles. The third-order valence-corrected chi connectivity index (χ3v) is 6.90. The molecular weight excluding hydrogens is 476 g/mol. The summed E-state index contributed by atoms with van der Waals surface area (Å²) in [5.41, 5.74) is 2.49. The van der Waals surface area contributed by atoms with Crippen LogP contribution in [0.4, 0.5) is 0 Å². The highest BCUT2D eigenvalue weighted by atomic mass is 16.6.